The number of hydrogen-bond acceptors (Lipinski definition) is 3. The lowest BCUT2D eigenvalue weighted by Crippen LogP contribution is -2.49. The van der Waals surface area contributed by atoms with Gasteiger partial charge in [0, 0.05) is 26.8 Å². The van der Waals surface area contributed by atoms with Crippen molar-refractivity contribution in [2.24, 2.45) is 0 Å². The molecule has 0 atom stereocenters. The Morgan fingerprint density at radius 1 is 0.438 bits per heavy atom. The van der Waals surface area contributed by atoms with Gasteiger partial charge in [0.1, 0.15) is 11.5 Å². The average molecular weight is 964 g/mol. The van der Waals surface area contributed by atoms with Crippen LogP contribution >= 0.6 is 16.1 Å². The molecule has 64 heavy (non-hydrogen) atoms. The summed E-state index contributed by atoms with van der Waals surface area (Å²) in [4.78, 5) is 0. The van der Waals surface area contributed by atoms with Gasteiger partial charge in [-0.25, -0.2) is 4.44 Å². The highest BCUT2D eigenvalue weighted by molar-refractivity contribution is 7.84. The van der Waals surface area contributed by atoms with Crippen LogP contribution in [0.5, 0.6) is 11.5 Å². The third-order valence-electron chi connectivity index (χ3n) is 12.7. The summed E-state index contributed by atoms with van der Waals surface area (Å²) in [7, 11) is -5.91. The largest absolute Gasteiger partial charge is 0.573 e. The zero-order valence-electron chi connectivity index (χ0n) is 39.4. The molecule has 0 aromatic heterocycles. The van der Waals surface area contributed by atoms with Crippen LogP contribution in [0.4, 0.5) is 26.3 Å². The summed E-state index contributed by atoms with van der Waals surface area (Å²) in [5.41, 5.74) is 0. The third-order valence-corrected chi connectivity index (χ3v) is 29.0. The molecule has 0 aliphatic heterocycles. The molecular weight excluding hydrogens is 891 g/mol. The van der Waals surface area contributed by atoms with Crippen LogP contribution in [0.1, 0.15) is 119 Å². The van der Waals surface area contributed by atoms with Crippen LogP contribution in [0.2, 0.25) is 36.3 Å². The van der Waals surface area contributed by atoms with E-state index in [2.05, 4.69) is 94.5 Å². The molecule has 0 unspecified atom stereocenters. The lowest BCUT2D eigenvalue weighted by molar-refractivity contribution is -0.275. The maximum atomic E-state index is 14.2. The molecule has 0 radical (unpaired) electrons. The van der Waals surface area contributed by atoms with Crippen molar-refractivity contribution in [3.8, 4) is 11.5 Å². The molecule has 0 aliphatic rings. The second kappa shape index (κ2) is 26.0. The Labute approximate surface area is 385 Å². The van der Waals surface area contributed by atoms with E-state index in [0.29, 0.717) is 0 Å². The first kappa shape index (κ1) is 53.9. The Balaban J connectivity index is 2.14. The van der Waals surface area contributed by atoms with Crippen LogP contribution in [-0.4, -0.2) is 40.4 Å². The normalized spacial score (nSPS) is 12.8. The van der Waals surface area contributed by atoms with Gasteiger partial charge in [-0.15, -0.1) is 26.3 Å². The molecule has 0 aliphatic carbocycles. The third kappa shape index (κ3) is 15.2. The summed E-state index contributed by atoms with van der Waals surface area (Å²) in [6, 6.07) is 37.0. The molecule has 0 saturated carbocycles. The minimum Gasteiger partial charge on any atom is -0.405 e. The fourth-order valence-corrected chi connectivity index (χ4v) is 26.7. The van der Waals surface area contributed by atoms with Gasteiger partial charge in [-0.1, -0.05) is 238 Å². The van der Waals surface area contributed by atoms with E-state index in [1.807, 2.05) is 7.05 Å². The summed E-state index contributed by atoms with van der Waals surface area (Å²) in [5, 5.41) is 5.22. The van der Waals surface area contributed by atoms with E-state index in [-0.39, 0.29) is 10.6 Å². The van der Waals surface area contributed by atoms with E-state index < -0.39 is 56.5 Å². The minimum absolute atomic E-state index is 0.158. The predicted molar refractivity (Wildman–Crippen MR) is 268 cm³/mol. The van der Waals surface area contributed by atoms with E-state index in [9.17, 15) is 26.3 Å². The topological polar surface area (TPSA) is 21.7 Å². The highest BCUT2D eigenvalue weighted by Gasteiger charge is 2.41. The van der Waals surface area contributed by atoms with E-state index >= 15 is 0 Å². The van der Waals surface area contributed by atoms with Crippen LogP contribution in [0.15, 0.2) is 97.1 Å². The maximum absolute atomic E-state index is 14.2. The van der Waals surface area contributed by atoms with Gasteiger partial charge in [0.25, 0.3) is 0 Å². The van der Waals surface area contributed by atoms with Gasteiger partial charge in [-0.3, -0.25) is 0 Å². The van der Waals surface area contributed by atoms with Crippen molar-refractivity contribution in [2.45, 2.75) is 168 Å². The predicted octanol–water partition coefficient (Wildman–Crippen LogP) is 14.9. The van der Waals surface area contributed by atoms with Gasteiger partial charge in [0.2, 0.25) is 0 Å². The van der Waals surface area contributed by atoms with Crippen LogP contribution < -0.4 is 41.1 Å². The zero-order valence-corrected chi connectivity index (χ0v) is 43.2. The van der Waals surface area contributed by atoms with Crippen molar-refractivity contribution < 1.29 is 35.8 Å². The number of alkyl halides is 6. The minimum atomic E-state index is -5.03. The highest BCUT2D eigenvalue weighted by atomic mass is 31.2. The Kier molecular flexibility index (Phi) is 21.9. The molecule has 354 valence electrons. The Morgan fingerprint density at radius 2 is 0.750 bits per heavy atom. The second-order valence-corrected chi connectivity index (χ2v) is 31.5. The van der Waals surface area contributed by atoms with Crippen molar-refractivity contribution in [2.75, 3.05) is 7.05 Å². The number of nitrogens with zero attached hydrogens (tertiary/aromatic N) is 1. The van der Waals surface area contributed by atoms with E-state index in [1.54, 1.807) is 24.3 Å². The molecule has 4 aromatic rings. The first-order chi connectivity index (χ1) is 30.6. The molecule has 0 N–H and O–H groups in total. The molecule has 0 bridgehead atoms. The highest BCUT2D eigenvalue weighted by Crippen LogP contribution is 2.56. The SMILES string of the molecule is CCCC[Si](CCCC)(CCCC)c1cccc(P(c2cccc([Si](CCCC)(CCCC)CCCC)c2)N(C)P(c2ccccc2OC(F)(F)F)c2ccccc2OC(F)(F)F)c1. The van der Waals surface area contributed by atoms with E-state index in [4.69, 9.17) is 9.47 Å². The van der Waals surface area contributed by atoms with Gasteiger partial charge in [0.05, 0.1) is 16.1 Å². The number of para-hydroxylation sites is 2. The fourth-order valence-electron chi connectivity index (χ4n) is 9.34. The van der Waals surface area contributed by atoms with Gasteiger partial charge < -0.3 is 9.47 Å². The quantitative estimate of drug-likeness (QED) is 0.0322. The molecule has 13 heteroatoms. The molecule has 0 amide bonds. The lowest BCUT2D eigenvalue weighted by atomic mass is 10.3. The maximum Gasteiger partial charge on any atom is 0.573 e. The Hall–Kier alpha value is -2.69. The number of halogens is 6. The standard InChI is InChI=1S/C51H73F6NO2P2Si2/c1-8-14-34-63(35-15-9-2,36-16-10-3)44-28-24-26-42(40-44)61(43-27-25-29-45(41-43)64(37-17-11-4,38-18-12-5)39-19-13-6)58(7)62(48-32-22-20-30-46(48)59-50(52,53)54)49-33-23-21-31-47(49)60-51(55,56)57/h20-33,40-41H,8-19,34-39H2,1-7H3. The molecule has 0 spiro atoms. The van der Waals surface area contributed by atoms with Crippen molar-refractivity contribution in [1.82, 2.24) is 4.44 Å². The lowest BCUT2D eigenvalue weighted by Gasteiger charge is -2.39. The molecule has 0 fully saturated rings. The molecule has 3 nitrogen and oxygen atoms in total. The van der Waals surface area contributed by atoms with Crippen molar-refractivity contribution in [3.63, 3.8) is 0 Å². The van der Waals surface area contributed by atoms with Crippen LogP contribution in [0.25, 0.3) is 0 Å². The van der Waals surface area contributed by atoms with Gasteiger partial charge >= 0.3 is 12.7 Å². The summed E-state index contributed by atoms with van der Waals surface area (Å²) in [6.07, 6.45) is 3.50. The summed E-state index contributed by atoms with van der Waals surface area (Å²) >= 11 is 0. The van der Waals surface area contributed by atoms with E-state index in [0.717, 1.165) is 87.7 Å². The molecular formula is C51H73F6NO2P2Si2. The van der Waals surface area contributed by atoms with Crippen molar-refractivity contribution in [1.29, 1.82) is 0 Å². The second-order valence-electron chi connectivity index (χ2n) is 17.4. The number of unbranched alkanes of at least 4 members (excludes halogenated alkanes) is 6. The first-order valence-corrected chi connectivity index (χ1v) is 31.7. The molecule has 0 heterocycles. The summed E-state index contributed by atoms with van der Waals surface area (Å²) in [5.74, 6) is -0.884. The fraction of sp³-hybridized carbons (Fsp3) is 0.529. The van der Waals surface area contributed by atoms with Crippen molar-refractivity contribution in [3.05, 3.63) is 97.1 Å². The van der Waals surface area contributed by atoms with Crippen molar-refractivity contribution >= 4 is 63.9 Å². The molecule has 0 saturated heterocycles. The average Bonchev–Trinajstić information content (AvgIpc) is 3.27. The number of rotatable bonds is 28. The molecule has 4 aromatic carbocycles. The summed E-state index contributed by atoms with van der Waals surface area (Å²) in [6.45, 7) is 13.5. The van der Waals surface area contributed by atoms with Gasteiger partial charge in [-0.05, 0) is 41.9 Å². The van der Waals surface area contributed by atoms with Crippen LogP contribution in [0, 0.1) is 0 Å². The monoisotopic (exact) mass is 963 g/mol. The first-order valence-electron chi connectivity index (χ1n) is 23.9. The zero-order chi connectivity index (χ0) is 46.8. The van der Waals surface area contributed by atoms with E-state index in [1.165, 1.54) is 70.9 Å². The van der Waals surface area contributed by atoms with Gasteiger partial charge in [0.15, 0.2) is 0 Å². The number of ether oxygens (including phenoxy) is 2. The van der Waals surface area contributed by atoms with Gasteiger partial charge in [-0.2, -0.15) is 0 Å². The summed E-state index contributed by atoms with van der Waals surface area (Å²) < 4.78 is 96.9. The smallest absolute Gasteiger partial charge is 0.405 e. The van der Waals surface area contributed by atoms with Crippen LogP contribution in [0.3, 0.4) is 0 Å². The molecule has 4 rings (SSSR count). The van der Waals surface area contributed by atoms with Crippen LogP contribution in [-0.2, 0) is 0 Å². The Bertz CT molecular complexity index is 1800. The number of benzene rings is 4. The number of hydrogen-bond donors (Lipinski definition) is 0. The Morgan fingerprint density at radius 3 is 1.05 bits per heavy atom.